The van der Waals surface area contributed by atoms with E-state index in [-0.39, 0.29) is 11.8 Å². The summed E-state index contributed by atoms with van der Waals surface area (Å²) in [7, 11) is -1.71. The summed E-state index contributed by atoms with van der Waals surface area (Å²) in [6.45, 7) is 1.31. The van der Waals surface area contributed by atoms with E-state index in [1.54, 1.807) is 7.05 Å². The number of nitrogens with zero attached hydrogens (tertiary/aromatic N) is 3. The fourth-order valence-electron chi connectivity index (χ4n) is 3.32. The SMILES string of the molecule is CN(C1CCN(c2nc3ccccc3o2)C1)S(=O)(=O)Cc1ccccc1. The van der Waals surface area contributed by atoms with Crippen LogP contribution in [0, 0.1) is 0 Å². The van der Waals surface area contributed by atoms with Crippen LogP contribution in [0.25, 0.3) is 11.1 Å². The highest BCUT2D eigenvalue weighted by atomic mass is 32.2. The van der Waals surface area contributed by atoms with Gasteiger partial charge in [0, 0.05) is 26.2 Å². The van der Waals surface area contributed by atoms with E-state index < -0.39 is 10.0 Å². The normalized spacial score (nSPS) is 18.1. The van der Waals surface area contributed by atoms with Gasteiger partial charge >= 0.3 is 0 Å². The molecule has 4 rings (SSSR count). The zero-order chi connectivity index (χ0) is 18.1. The summed E-state index contributed by atoms with van der Waals surface area (Å²) in [5, 5.41) is 0. The number of hydrogen-bond acceptors (Lipinski definition) is 5. The van der Waals surface area contributed by atoms with Gasteiger partial charge in [-0.25, -0.2) is 8.42 Å². The van der Waals surface area contributed by atoms with Crippen LogP contribution in [0.1, 0.15) is 12.0 Å². The molecule has 2 aromatic carbocycles. The molecule has 1 unspecified atom stereocenters. The predicted molar refractivity (Wildman–Crippen MR) is 101 cm³/mol. The lowest BCUT2D eigenvalue weighted by Gasteiger charge is -2.24. The van der Waals surface area contributed by atoms with Gasteiger partial charge in [-0.2, -0.15) is 9.29 Å². The van der Waals surface area contributed by atoms with Gasteiger partial charge in [0.05, 0.1) is 5.75 Å². The minimum absolute atomic E-state index is 0.0176. The Kier molecular flexibility index (Phi) is 4.42. The third-order valence-corrected chi connectivity index (χ3v) is 6.74. The summed E-state index contributed by atoms with van der Waals surface area (Å²) < 4.78 is 32.8. The summed E-state index contributed by atoms with van der Waals surface area (Å²) in [6, 6.07) is 17.4. The number of fused-ring (bicyclic) bond motifs is 1. The van der Waals surface area contributed by atoms with Crippen molar-refractivity contribution in [2.75, 3.05) is 25.0 Å². The minimum atomic E-state index is -3.37. The monoisotopic (exact) mass is 371 g/mol. The van der Waals surface area contributed by atoms with Crippen LogP contribution in [-0.2, 0) is 15.8 Å². The number of rotatable bonds is 5. The van der Waals surface area contributed by atoms with Gasteiger partial charge in [-0.3, -0.25) is 0 Å². The second-order valence-electron chi connectivity index (χ2n) is 6.61. The lowest BCUT2D eigenvalue weighted by atomic mass is 10.2. The molecule has 1 aliphatic rings. The fourth-order valence-corrected chi connectivity index (χ4v) is 4.77. The van der Waals surface area contributed by atoms with Gasteiger partial charge in [0.1, 0.15) is 5.52 Å². The zero-order valence-corrected chi connectivity index (χ0v) is 15.4. The molecule has 0 saturated carbocycles. The molecular formula is C19H21N3O3S. The largest absolute Gasteiger partial charge is 0.423 e. The molecule has 2 heterocycles. The number of hydrogen-bond donors (Lipinski definition) is 0. The van der Waals surface area contributed by atoms with Gasteiger partial charge in [-0.15, -0.1) is 0 Å². The maximum Gasteiger partial charge on any atom is 0.298 e. The van der Waals surface area contributed by atoms with Crippen molar-refractivity contribution in [3.8, 4) is 0 Å². The molecular weight excluding hydrogens is 350 g/mol. The van der Waals surface area contributed by atoms with Gasteiger partial charge in [-0.05, 0) is 24.1 Å². The van der Waals surface area contributed by atoms with Crippen LogP contribution in [0.3, 0.4) is 0 Å². The number of likely N-dealkylation sites (N-methyl/N-ethyl adjacent to an activating group) is 1. The van der Waals surface area contributed by atoms with Crippen molar-refractivity contribution < 1.29 is 12.8 Å². The van der Waals surface area contributed by atoms with Crippen LogP contribution in [0.4, 0.5) is 6.01 Å². The molecule has 1 saturated heterocycles. The van der Waals surface area contributed by atoms with Gasteiger partial charge < -0.3 is 9.32 Å². The standard InChI is InChI=1S/C19H21N3O3S/c1-21(26(23,24)14-15-7-3-2-4-8-15)16-11-12-22(13-16)19-20-17-9-5-6-10-18(17)25-19/h2-10,16H,11-14H2,1H3. The summed E-state index contributed by atoms with van der Waals surface area (Å²) in [6.07, 6.45) is 0.753. The first-order chi connectivity index (χ1) is 12.5. The Morgan fingerprint density at radius 2 is 1.88 bits per heavy atom. The molecule has 0 amide bonds. The molecule has 3 aromatic rings. The third kappa shape index (κ3) is 3.32. The second-order valence-corrected chi connectivity index (χ2v) is 8.64. The molecule has 0 spiro atoms. The molecule has 136 valence electrons. The van der Waals surface area contributed by atoms with E-state index >= 15 is 0 Å². The van der Waals surface area contributed by atoms with E-state index in [0.717, 1.165) is 29.6 Å². The third-order valence-electron chi connectivity index (χ3n) is 4.86. The van der Waals surface area contributed by atoms with E-state index in [4.69, 9.17) is 4.42 Å². The highest BCUT2D eigenvalue weighted by molar-refractivity contribution is 7.88. The molecule has 1 aromatic heterocycles. The highest BCUT2D eigenvalue weighted by Crippen LogP contribution is 2.27. The Balaban J connectivity index is 1.47. The summed E-state index contributed by atoms with van der Waals surface area (Å²) in [5.74, 6) is 0.0176. The molecule has 1 fully saturated rings. The van der Waals surface area contributed by atoms with E-state index in [1.165, 1.54) is 4.31 Å². The van der Waals surface area contributed by atoms with Gasteiger partial charge in [0.2, 0.25) is 10.0 Å². The first-order valence-corrected chi connectivity index (χ1v) is 10.2. The van der Waals surface area contributed by atoms with Crippen molar-refractivity contribution in [2.24, 2.45) is 0 Å². The topological polar surface area (TPSA) is 66.7 Å². The summed E-state index contributed by atoms with van der Waals surface area (Å²) in [5.41, 5.74) is 2.36. The first kappa shape index (κ1) is 17.1. The van der Waals surface area contributed by atoms with Crippen molar-refractivity contribution in [2.45, 2.75) is 18.2 Å². The van der Waals surface area contributed by atoms with Gasteiger partial charge in [0.25, 0.3) is 6.01 Å². The van der Waals surface area contributed by atoms with Gasteiger partial charge in [-0.1, -0.05) is 42.5 Å². The van der Waals surface area contributed by atoms with E-state index in [0.29, 0.717) is 12.6 Å². The number of anilines is 1. The Bertz CT molecular complexity index is 968. The molecule has 0 aliphatic carbocycles. The minimum Gasteiger partial charge on any atom is -0.423 e. The quantitative estimate of drug-likeness (QED) is 0.690. The van der Waals surface area contributed by atoms with E-state index in [1.807, 2.05) is 59.5 Å². The van der Waals surface area contributed by atoms with Crippen LogP contribution in [0.5, 0.6) is 0 Å². The zero-order valence-electron chi connectivity index (χ0n) is 14.6. The maximum atomic E-state index is 12.7. The first-order valence-electron chi connectivity index (χ1n) is 8.63. The maximum absolute atomic E-state index is 12.7. The molecule has 1 aliphatic heterocycles. The van der Waals surface area contributed by atoms with Crippen molar-refractivity contribution in [1.29, 1.82) is 0 Å². The Morgan fingerprint density at radius 3 is 2.65 bits per heavy atom. The van der Waals surface area contributed by atoms with Crippen molar-refractivity contribution >= 4 is 27.1 Å². The van der Waals surface area contributed by atoms with E-state index in [2.05, 4.69) is 4.98 Å². The number of para-hydroxylation sites is 2. The molecule has 0 radical (unpaired) electrons. The van der Waals surface area contributed by atoms with Crippen LogP contribution >= 0.6 is 0 Å². The summed E-state index contributed by atoms with van der Waals surface area (Å²) in [4.78, 5) is 6.52. The van der Waals surface area contributed by atoms with Crippen LogP contribution < -0.4 is 4.90 Å². The predicted octanol–water partition coefficient (Wildman–Crippen LogP) is 2.87. The smallest absolute Gasteiger partial charge is 0.298 e. The Morgan fingerprint density at radius 1 is 1.15 bits per heavy atom. The number of oxazole rings is 1. The lowest BCUT2D eigenvalue weighted by molar-refractivity contribution is 0.388. The van der Waals surface area contributed by atoms with Crippen LogP contribution in [0.2, 0.25) is 0 Å². The molecule has 26 heavy (non-hydrogen) atoms. The average Bonchev–Trinajstić information content (AvgIpc) is 3.28. The Labute approximate surface area is 153 Å². The highest BCUT2D eigenvalue weighted by Gasteiger charge is 2.34. The second kappa shape index (κ2) is 6.74. The molecule has 6 nitrogen and oxygen atoms in total. The van der Waals surface area contributed by atoms with Crippen molar-refractivity contribution in [3.63, 3.8) is 0 Å². The number of benzene rings is 2. The average molecular weight is 371 g/mol. The number of sulfonamides is 1. The molecule has 0 N–H and O–H groups in total. The fraction of sp³-hybridized carbons (Fsp3) is 0.316. The lowest BCUT2D eigenvalue weighted by Crippen LogP contribution is -2.39. The molecule has 1 atom stereocenters. The number of aromatic nitrogens is 1. The van der Waals surface area contributed by atoms with Crippen molar-refractivity contribution in [3.05, 3.63) is 60.2 Å². The van der Waals surface area contributed by atoms with Crippen LogP contribution in [0.15, 0.2) is 59.0 Å². The van der Waals surface area contributed by atoms with Gasteiger partial charge in [0.15, 0.2) is 5.58 Å². The van der Waals surface area contributed by atoms with Crippen molar-refractivity contribution in [1.82, 2.24) is 9.29 Å². The Hall–Kier alpha value is -2.38. The summed E-state index contributed by atoms with van der Waals surface area (Å²) >= 11 is 0. The van der Waals surface area contributed by atoms with E-state index in [9.17, 15) is 8.42 Å². The molecule has 7 heteroatoms. The molecule has 0 bridgehead atoms. The van der Waals surface area contributed by atoms with Crippen LogP contribution in [-0.4, -0.2) is 43.9 Å².